The normalized spacial score (nSPS) is 14.8. The summed E-state index contributed by atoms with van der Waals surface area (Å²) in [4.78, 5) is 0. The number of hydrogen-bond acceptors (Lipinski definition) is 3. The van der Waals surface area contributed by atoms with Crippen LogP contribution in [0.3, 0.4) is 0 Å². The predicted molar refractivity (Wildman–Crippen MR) is 69.7 cm³/mol. The Labute approximate surface area is 108 Å². The van der Waals surface area contributed by atoms with E-state index in [-0.39, 0.29) is 19.2 Å². The van der Waals surface area contributed by atoms with Gasteiger partial charge in [0.25, 0.3) is 0 Å². The monoisotopic (exact) mass is 255 g/mol. The van der Waals surface area contributed by atoms with Crippen molar-refractivity contribution < 1.29 is 14.6 Å². The van der Waals surface area contributed by atoms with Crippen LogP contribution in [0.2, 0.25) is 0 Å². The van der Waals surface area contributed by atoms with E-state index in [4.69, 9.17) is 5.11 Å². The second-order valence-corrected chi connectivity index (χ2v) is 4.81. The highest BCUT2D eigenvalue weighted by Crippen LogP contribution is 2.16. The lowest BCUT2D eigenvalue weighted by Gasteiger charge is -2.23. The third-order valence-corrected chi connectivity index (χ3v) is 3.08. The van der Waals surface area contributed by atoms with E-state index in [2.05, 4.69) is 5.32 Å². The van der Waals surface area contributed by atoms with Gasteiger partial charge in [-0.15, -0.1) is 0 Å². The Morgan fingerprint density at radius 3 is 2.50 bits per heavy atom. The smallest absolute Gasteiger partial charge is 0.129 e. The highest BCUT2D eigenvalue weighted by atomic mass is 19.1. The molecule has 0 aliphatic heterocycles. The highest BCUT2D eigenvalue weighted by Gasteiger charge is 2.16. The molecule has 3 N–H and O–H groups in total. The number of nitrogens with one attached hydrogen (secondary N) is 1. The van der Waals surface area contributed by atoms with E-state index in [9.17, 15) is 9.50 Å². The molecule has 2 atom stereocenters. The molecule has 0 fully saturated rings. The van der Waals surface area contributed by atoms with Gasteiger partial charge >= 0.3 is 0 Å². The molecule has 3 nitrogen and oxygen atoms in total. The Morgan fingerprint density at radius 2 is 1.94 bits per heavy atom. The van der Waals surface area contributed by atoms with E-state index in [1.54, 1.807) is 18.2 Å². The van der Waals surface area contributed by atoms with Gasteiger partial charge in [-0.05, 0) is 18.4 Å². The number of hydrogen-bond donors (Lipinski definition) is 3. The lowest BCUT2D eigenvalue weighted by Crippen LogP contribution is -2.37. The first-order valence-electron chi connectivity index (χ1n) is 6.33. The average Bonchev–Trinajstić information content (AvgIpc) is 2.34. The summed E-state index contributed by atoms with van der Waals surface area (Å²) < 4.78 is 13.4. The van der Waals surface area contributed by atoms with Crippen molar-refractivity contribution in [3.8, 4) is 0 Å². The van der Waals surface area contributed by atoms with Crippen LogP contribution in [-0.2, 0) is 0 Å². The third kappa shape index (κ3) is 4.37. The minimum absolute atomic E-state index is 0.103. The van der Waals surface area contributed by atoms with E-state index in [0.717, 1.165) is 0 Å². The Hall–Kier alpha value is -0.970. The van der Waals surface area contributed by atoms with E-state index in [1.807, 2.05) is 13.8 Å². The summed E-state index contributed by atoms with van der Waals surface area (Å²) in [5.74, 6) is -0.0416. The lowest BCUT2D eigenvalue weighted by atomic mass is 10.0. The Morgan fingerprint density at radius 1 is 1.28 bits per heavy atom. The summed E-state index contributed by atoms with van der Waals surface area (Å²) in [6.45, 7) is 4.47. The van der Waals surface area contributed by atoms with Gasteiger partial charge in [0, 0.05) is 24.8 Å². The van der Waals surface area contributed by atoms with Gasteiger partial charge in [0.15, 0.2) is 0 Å². The van der Waals surface area contributed by atoms with E-state index >= 15 is 0 Å². The number of rotatable bonds is 7. The first kappa shape index (κ1) is 15.1. The highest BCUT2D eigenvalue weighted by molar-refractivity contribution is 5.20. The number of halogens is 1. The molecule has 1 aromatic carbocycles. The van der Waals surface area contributed by atoms with E-state index in [1.165, 1.54) is 6.07 Å². The molecule has 1 aromatic rings. The standard InChI is InChI=1S/C14H22FNO2/c1-10(2)13(7-8-17)16-9-14(18)11-5-3-4-6-12(11)15/h3-6,10,13-14,16-18H,7-9H2,1-2H3. The van der Waals surface area contributed by atoms with Crippen LogP contribution in [0.15, 0.2) is 24.3 Å². The molecule has 1 rings (SSSR count). The summed E-state index contributed by atoms with van der Waals surface area (Å²) in [5.41, 5.74) is 0.302. The number of benzene rings is 1. The largest absolute Gasteiger partial charge is 0.396 e. The van der Waals surface area contributed by atoms with Gasteiger partial charge < -0.3 is 15.5 Å². The minimum atomic E-state index is -0.869. The summed E-state index contributed by atoms with van der Waals surface area (Å²) >= 11 is 0. The van der Waals surface area contributed by atoms with Crippen LogP contribution in [0.5, 0.6) is 0 Å². The number of aliphatic hydroxyl groups is 2. The molecular formula is C14H22FNO2. The Bertz CT molecular complexity index is 357. The van der Waals surface area contributed by atoms with Crippen LogP contribution in [0.4, 0.5) is 4.39 Å². The quantitative estimate of drug-likeness (QED) is 0.697. The summed E-state index contributed by atoms with van der Waals surface area (Å²) in [6.07, 6.45) is -0.243. The van der Waals surface area contributed by atoms with Gasteiger partial charge in [-0.3, -0.25) is 0 Å². The maximum atomic E-state index is 13.4. The zero-order valence-electron chi connectivity index (χ0n) is 10.9. The molecule has 0 bridgehead atoms. The van der Waals surface area contributed by atoms with Crippen LogP contribution in [-0.4, -0.2) is 29.4 Å². The van der Waals surface area contributed by atoms with Gasteiger partial charge in [-0.25, -0.2) is 4.39 Å². The molecule has 0 aromatic heterocycles. The SMILES string of the molecule is CC(C)C(CCO)NCC(O)c1ccccc1F. The molecule has 0 heterocycles. The van der Waals surface area contributed by atoms with Crippen molar-refractivity contribution in [1.29, 1.82) is 0 Å². The summed E-state index contributed by atoms with van der Waals surface area (Å²) in [5, 5.41) is 22.1. The van der Waals surface area contributed by atoms with Crippen molar-refractivity contribution in [2.24, 2.45) is 5.92 Å². The molecule has 0 amide bonds. The molecule has 0 aliphatic carbocycles. The molecule has 0 aliphatic rings. The third-order valence-electron chi connectivity index (χ3n) is 3.08. The molecule has 0 radical (unpaired) electrons. The first-order chi connectivity index (χ1) is 8.56. The second kappa shape index (κ2) is 7.46. The molecule has 0 saturated carbocycles. The van der Waals surface area contributed by atoms with Crippen LogP contribution in [0.1, 0.15) is 31.9 Å². The van der Waals surface area contributed by atoms with Gasteiger partial charge in [-0.1, -0.05) is 32.0 Å². The van der Waals surface area contributed by atoms with Gasteiger partial charge in [0.2, 0.25) is 0 Å². The fraction of sp³-hybridized carbons (Fsp3) is 0.571. The topological polar surface area (TPSA) is 52.5 Å². The van der Waals surface area contributed by atoms with Crippen molar-refractivity contribution >= 4 is 0 Å². The van der Waals surface area contributed by atoms with Crippen molar-refractivity contribution in [3.63, 3.8) is 0 Å². The molecule has 2 unspecified atom stereocenters. The Kier molecular flexibility index (Phi) is 6.25. The lowest BCUT2D eigenvalue weighted by molar-refractivity contribution is 0.155. The first-order valence-corrected chi connectivity index (χ1v) is 6.33. The van der Waals surface area contributed by atoms with Crippen molar-refractivity contribution in [2.45, 2.75) is 32.4 Å². The van der Waals surface area contributed by atoms with Gasteiger partial charge in [-0.2, -0.15) is 0 Å². The van der Waals surface area contributed by atoms with E-state index in [0.29, 0.717) is 17.9 Å². The van der Waals surface area contributed by atoms with Crippen LogP contribution < -0.4 is 5.32 Å². The zero-order valence-corrected chi connectivity index (χ0v) is 10.9. The summed E-state index contributed by atoms with van der Waals surface area (Å²) in [7, 11) is 0. The van der Waals surface area contributed by atoms with Crippen molar-refractivity contribution in [2.75, 3.05) is 13.2 Å². The zero-order chi connectivity index (χ0) is 13.5. The molecule has 4 heteroatoms. The maximum absolute atomic E-state index is 13.4. The Balaban J connectivity index is 2.54. The van der Waals surface area contributed by atoms with Crippen molar-refractivity contribution in [1.82, 2.24) is 5.32 Å². The van der Waals surface area contributed by atoms with Crippen molar-refractivity contribution in [3.05, 3.63) is 35.6 Å². The predicted octanol–water partition coefficient (Wildman–Crippen LogP) is 1.86. The minimum Gasteiger partial charge on any atom is -0.396 e. The maximum Gasteiger partial charge on any atom is 0.129 e. The number of aliphatic hydroxyl groups excluding tert-OH is 2. The van der Waals surface area contributed by atoms with Gasteiger partial charge in [0.1, 0.15) is 5.82 Å². The summed E-state index contributed by atoms with van der Waals surface area (Å²) in [6, 6.07) is 6.35. The molecule has 18 heavy (non-hydrogen) atoms. The van der Waals surface area contributed by atoms with Crippen LogP contribution in [0, 0.1) is 11.7 Å². The van der Waals surface area contributed by atoms with Crippen LogP contribution in [0.25, 0.3) is 0 Å². The second-order valence-electron chi connectivity index (χ2n) is 4.81. The fourth-order valence-corrected chi connectivity index (χ4v) is 1.93. The fourth-order valence-electron chi connectivity index (χ4n) is 1.93. The van der Waals surface area contributed by atoms with E-state index < -0.39 is 11.9 Å². The molecule has 0 spiro atoms. The van der Waals surface area contributed by atoms with Gasteiger partial charge in [0.05, 0.1) is 6.10 Å². The van der Waals surface area contributed by atoms with Crippen LogP contribution >= 0.6 is 0 Å². The molecular weight excluding hydrogens is 233 g/mol. The molecule has 102 valence electrons. The average molecular weight is 255 g/mol. The molecule has 0 saturated heterocycles.